The van der Waals surface area contributed by atoms with Crippen LogP contribution in [0.15, 0.2) is 91.0 Å². The predicted molar refractivity (Wildman–Crippen MR) is 122 cm³/mol. The van der Waals surface area contributed by atoms with E-state index in [1.165, 1.54) is 21.5 Å². The van der Waals surface area contributed by atoms with Gasteiger partial charge in [-0.15, -0.1) is 10.1 Å². The number of hydrogen-bond acceptors (Lipinski definition) is 3. The molecule has 4 nitrogen and oxygen atoms in total. The Morgan fingerprint density at radius 3 is 1.77 bits per heavy atom. The normalized spacial score (nSPS) is 11.6. The van der Waals surface area contributed by atoms with Crippen LogP contribution in [0.1, 0.15) is 0 Å². The Hall–Kier alpha value is -4.18. The summed E-state index contributed by atoms with van der Waals surface area (Å²) in [5.74, 6) is 0.253. The molecule has 0 radical (unpaired) electrons. The van der Waals surface area contributed by atoms with Crippen LogP contribution in [-0.4, -0.2) is 5.09 Å². The summed E-state index contributed by atoms with van der Waals surface area (Å²) < 4.78 is 0. The molecule has 0 fully saturated rings. The van der Waals surface area contributed by atoms with Crippen LogP contribution in [0.4, 0.5) is 0 Å². The van der Waals surface area contributed by atoms with Crippen molar-refractivity contribution in [3.63, 3.8) is 0 Å². The first-order valence-electron chi connectivity index (χ1n) is 9.70. The standard InChI is InChI=1S/C26H15NO3/c28-27(29)30-26-7-3-6-18-12-19-8-9-20-13-21-10-16-4-1-2-5-17(16)11-22(21)14-23(20)24(19)15-25(18)26/h1-15H. The van der Waals surface area contributed by atoms with Crippen molar-refractivity contribution in [1.82, 2.24) is 0 Å². The van der Waals surface area contributed by atoms with E-state index in [1.54, 1.807) is 12.1 Å². The second kappa shape index (κ2) is 6.16. The van der Waals surface area contributed by atoms with Gasteiger partial charge in [-0.05, 0) is 90.9 Å². The molecule has 0 unspecified atom stereocenters. The van der Waals surface area contributed by atoms with E-state index in [4.69, 9.17) is 4.84 Å². The molecule has 142 valence electrons. The molecule has 0 saturated carbocycles. The monoisotopic (exact) mass is 389 g/mol. The minimum atomic E-state index is -0.763. The fourth-order valence-electron chi connectivity index (χ4n) is 4.41. The maximum absolute atomic E-state index is 10.9. The number of benzene rings is 6. The molecular weight excluding hydrogens is 374 g/mol. The Bertz CT molecular complexity index is 1650. The first-order valence-corrected chi connectivity index (χ1v) is 9.70. The summed E-state index contributed by atoms with van der Waals surface area (Å²) in [6, 6.07) is 30.8. The zero-order valence-electron chi connectivity index (χ0n) is 15.8. The minimum absolute atomic E-state index is 0.253. The van der Waals surface area contributed by atoms with E-state index >= 15 is 0 Å². The molecule has 0 atom stereocenters. The summed E-state index contributed by atoms with van der Waals surface area (Å²) in [5, 5.41) is 21.0. The highest BCUT2D eigenvalue weighted by Gasteiger charge is 2.10. The van der Waals surface area contributed by atoms with Gasteiger partial charge in [-0.25, -0.2) is 0 Å². The third kappa shape index (κ3) is 2.54. The van der Waals surface area contributed by atoms with Crippen LogP contribution in [0.5, 0.6) is 5.75 Å². The topological polar surface area (TPSA) is 52.4 Å². The fourth-order valence-corrected chi connectivity index (χ4v) is 4.41. The largest absolute Gasteiger partial charge is 0.299 e. The van der Waals surface area contributed by atoms with Gasteiger partial charge >= 0.3 is 0 Å². The zero-order valence-corrected chi connectivity index (χ0v) is 15.8. The second-order valence-corrected chi connectivity index (χ2v) is 7.55. The lowest BCUT2D eigenvalue weighted by Crippen LogP contribution is -2.03. The molecule has 0 heterocycles. The Kier molecular flexibility index (Phi) is 3.44. The van der Waals surface area contributed by atoms with E-state index in [0.29, 0.717) is 0 Å². The number of fused-ring (bicyclic) bond motifs is 6. The molecule has 0 aliphatic rings. The average molecular weight is 389 g/mol. The van der Waals surface area contributed by atoms with Gasteiger partial charge in [0.05, 0.1) is 0 Å². The van der Waals surface area contributed by atoms with Gasteiger partial charge in [-0.1, -0.05) is 48.5 Å². The van der Waals surface area contributed by atoms with E-state index in [9.17, 15) is 10.1 Å². The lowest BCUT2D eigenvalue weighted by molar-refractivity contribution is -0.710. The lowest BCUT2D eigenvalue weighted by atomic mass is 9.94. The summed E-state index contributed by atoms with van der Waals surface area (Å²) in [6.07, 6.45) is 0. The first kappa shape index (κ1) is 16.7. The summed E-state index contributed by atoms with van der Waals surface area (Å²) >= 11 is 0. The molecule has 6 aromatic carbocycles. The van der Waals surface area contributed by atoms with Gasteiger partial charge in [-0.2, -0.15) is 0 Å². The van der Waals surface area contributed by atoms with Crippen molar-refractivity contribution in [1.29, 1.82) is 0 Å². The third-order valence-electron chi connectivity index (χ3n) is 5.79. The van der Waals surface area contributed by atoms with Crippen LogP contribution in [0.2, 0.25) is 0 Å². The smallest absolute Gasteiger partial charge is 0.276 e. The average Bonchev–Trinajstić information content (AvgIpc) is 2.75. The quantitative estimate of drug-likeness (QED) is 0.138. The van der Waals surface area contributed by atoms with Crippen molar-refractivity contribution in [3.05, 3.63) is 101 Å². The Labute approximate surface area is 171 Å². The fraction of sp³-hybridized carbons (Fsp3) is 0. The number of nitrogens with zero attached hydrogens (tertiary/aromatic N) is 1. The number of hydrogen-bond donors (Lipinski definition) is 0. The maximum Gasteiger partial charge on any atom is 0.299 e. The zero-order chi connectivity index (χ0) is 20.2. The highest BCUT2D eigenvalue weighted by molar-refractivity contribution is 6.16. The molecule has 0 spiro atoms. The second-order valence-electron chi connectivity index (χ2n) is 7.55. The van der Waals surface area contributed by atoms with Crippen LogP contribution in [-0.2, 0) is 0 Å². The maximum atomic E-state index is 10.9. The van der Waals surface area contributed by atoms with E-state index in [2.05, 4.69) is 60.7 Å². The molecule has 0 saturated heterocycles. The van der Waals surface area contributed by atoms with Gasteiger partial charge in [0.25, 0.3) is 5.09 Å². The minimum Gasteiger partial charge on any atom is -0.276 e. The molecule has 4 heteroatoms. The summed E-state index contributed by atoms with van der Waals surface area (Å²) in [6.45, 7) is 0. The molecule has 0 aromatic heterocycles. The molecule has 6 aromatic rings. The summed E-state index contributed by atoms with van der Waals surface area (Å²) in [7, 11) is 0. The Balaban J connectivity index is 1.71. The lowest BCUT2D eigenvalue weighted by Gasteiger charge is -2.11. The van der Waals surface area contributed by atoms with Crippen LogP contribution < -0.4 is 4.84 Å². The van der Waals surface area contributed by atoms with Crippen LogP contribution >= 0.6 is 0 Å². The van der Waals surface area contributed by atoms with Crippen LogP contribution in [0.25, 0.3) is 53.9 Å². The van der Waals surface area contributed by atoms with Crippen LogP contribution in [0.3, 0.4) is 0 Å². The Morgan fingerprint density at radius 1 is 0.533 bits per heavy atom. The van der Waals surface area contributed by atoms with Gasteiger partial charge in [0.2, 0.25) is 0 Å². The van der Waals surface area contributed by atoms with Crippen molar-refractivity contribution in [3.8, 4) is 5.75 Å². The van der Waals surface area contributed by atoms with E-state index < -0.39 is 5.09 Å². The van der Waals surface area contributed by atoms with Crippen molar-refractivity contribution in [2.24, 2.45) is 0 Å². The summed E-state index contributed by atoms with van der Waals surface area (Å²) in [5.41, 5.74) is 0. The highest BCUT2D eigenvalue weighted by atomic mass is 17.0. The molecular formula is C26H15NO3. The molecule has 6 rings (SSSR count). The van der Waals surface area contributed by atoms with Crippen molar-refractivity contribution < 1.29 is 9.92 Å². The van der Waals surface area contributed by atoms with Crippen molar-refractivity contribution in [2.45, 2.75) is 0 Å². The van der Waals surface area contributed by atoms with Gasteiger partial charge in [0, 0.05) is 5.39 Å². The van der Waals surface area contributed by atoms with Crippen LogP contribution in [0, 0.1) is 10.1 Å². The van der Waals surface area contributed by atoms with Crippen molar-refractivity contribution in [2.75, 3.05) is 0 Å². The van der Waals surface area contributed by atoms with E-state index in [-0.39, 0.29) is 5.75 Å². The van der Waals surface area contributed by atoms with Gasteiger partial charge < -0.3 is 0 Å². The molecule has 0 aliphatic heterocycles. The third-order valence-corrected chi connectivity index (χ3v) is 5.79. The SMILES string of the molecule is O=[N+]([O-])Oc1cccc2cc3ccc4cc5cc6ccccc6cc5cc4c3cc12. The molecule has 0 amide bonds. The number of rotatable bonds is 2. The van der Waals surface area contributed by atoms with Crippen molar-refractivity contribution >= 4 is 53.9 Å². The molecule has 30 heavy (non-hydrogen) atoms. The highest BCUT2D eigenvalue weighted by Crippen LogP contribution is 2.36. The molecule has 0 N–H and O–H groups in total. The van der Waals surface area contributed by atoms with E-state index in [0.717, 1.165) is 32.3 Å². The molecule has 0 bridgehead atoms. The predicted octanol–water partition coefficient (Wildman–Crippen LogP) is 7.02. The Morgan fingerprint density at radius 2 is 1.07 bits per heavy atom. The van der Waals surface area contributed by atoms with Gasteiger partial charge in [0.1, 0.15) is 5.75 Å². The first-order chi connectivity index (χ1) is 14.7. The van der Waals surface area contributed by atoms with Gasteiger partial charge in [0.15, 0.2) is 0 Å². The van der Waals surface area contributed by atoms with Gasteiger partial charge in [-0.3, -0.25) is 4.84 Å². The summed E-state index contributed by atoms with van der Waals surface area (Å²) in [4.78, 5) is 15.8. The molecule has 0 aliphatic carbocycles. The van der Waals surface area contributed by atoms with E-state index in [1.807, 2.05) is 18.2 Å².